The summed E-state index contributed by atoms with van der Waals surface area (Å²) in [4.78, 5) is 25.3. The van der Waals surface area contributed by atoms with Crippen LogP contribution in [0.4, 0.5) is 8.78 Å². The van der Waals surface area contributed by atoms with E-state index in [-0.39, 0.29) is 43.8 Å². The second-order valence-electron chi connectivity index (χ2n) is 10.9. The first-order chi connectivity index (χ1) is 15.9. The second-order valence-corrected chi connectivity index (χ2v) is 12.4. The quantitative estimate of drug-likeness (QED) is 0.426. The van der Waals surface area contributed by atoms with Crippen LogP contribution < -0.4 is 0 Å². The zero-order valence-electron chi connectivity index (χ0n) is 18.8. The lowest BCUT2D eigenvalue weighted by molar-refractivity contribution is -0.223. The van der Waals surface area contributed by atoms with Crippen LogP contribution in [0, 0.1) is 17.3 Å². The minimum absolute atomic E-state index is 0.00884. The molecule has 5 aliphatic carbocycles. The van der Waals surface area contributed by atoms with Gasteiger partial charge in [-0.15, -0.1) is 0 Å². The Morgan fingerprint density at radius 1 is 1.06 bits per heavy atom. The Bertz CT molecular complexity index is 945. The van der Waals surface area contributed by atoms with Crippen LogP contribution in [0.2, 0.25) is 0 Å². The van der Waals surface area contributed by atoms with Crippen molar-refractivity contribution in [3.05, 3.63) is 0 Å². The smallest absolute Gasteiger partial charge is 0.462 e. The van der Waals surface area contributed by atoms with E-state index in [1.54, 1.807) is 0 Å². The average molecular weight is 509 g/mol. The summed E-state index contributed by atoms with van der Waals surface area (Å²) in [6, 6.07) is 0. The van der Waals surface area contributed by atoms with Crippen LogP contribution in [0.1, 0.15) is 70.6 Å². The molecule has 6 rings (SSSR count). The summed E-state index contributed by atoms with van der Waals surface area (Å²) >= 11 is 0. The molecule has 3 unspecified atom stereocenters. The van der Waals surface area contributed by atoms with Gasteiger partial charge >= 0.3 is 27.3 Å². The Hall–Kier alpha value is -1.37. The van der Waals surface area contributed by atoms with Gasteiger partial charge in [0.2, 0.25) is 0 Å². The van der Waals surface area contributed by atoms with E-state index in [0.29, 0.717) is 19.4 Å². The highest BCUT2D eigenvalue weighted by molar-refractivity contribution is 7.87. The van der Waals surface area contributed by atoms with Crippen molar-refractivity contribution in [3.63, 3.8) is 0 Å². The lowest BCUT2D eigenvalue weighted by Gasteiger charge is -2.59. The van der Waals surface area contributed by atoms with Gasteiger partial charge in [-0.1, -0.05) is 6.42 Å². The van der Waals surface area contributed by atoms with Crippen molar-refractivity contribution >= 4 is 22.1 Å². The molecule has 6 fully saturated rings. The van der Waals surface area contributed by atoms with E-state index >= 15 is 0 Å². The summed E-state index contributed by atoms with van der Waals surface area (Å²) in [5, 5.41) is -5.07. The van der Waals surface area contributed by atoms with Gasteiger partial charge in [0.05, 0.1) is 12.0 Å². The van der Waals surface area contributed by atoms with Gasteiger partial charge in [-0.2, -0.15) is 17.2 Å². The first-order valence-electron chi connectivity index (χ1n) is 11.9. The first kappa shape index (κ1) is 24.3. The molecule has 0 aromatic rings. The molecule has 1 heterocycles. The van der Waals surface area contributed by atoms with E-state index < -0.39 is 44.1 Å². The van der Waals surface area contributed by atoms with Crippen LogP contribution in [-0.4, -0.2) is 60.9 Å². The molecule has 9 nitrogen and oxygen atoms in total. The van der Waals surface area contributed by atoms with Gasteiger partial charge < -0.3 is 18.9 Å². The topological polar surface area (TPSA) is 125 Å². The Kier molecular flexibility index (Phi) is 5.78. The number of rotatable bonds is 6. The molecular formula is C22H30F2O9S. The minimum atomic E-state index is -5.97. The standard InChI is InChI=1S/C22H30F2O9S/c23-22(24,34(27,28)29)18(26)33-20-9-14-6-15(10-20)8-19(7-14,13-20)17(25)30-11-16-12-31-21(32-16)4-2-1-3-5-21/h14-16H,1-13H2,(H,27,28,29). The number of halogens is 2. The summed E-state index contributed by atoms with van der Waals surface area (Å²) in [6.07, 6.45) is 6.76. The van der Waals surface area contributed by atoms with Gasteiger partial charge in [0.15, 0.2) is 5.79 Å². The van der Waals surface area contributed by atoms with Crippen molar-refractivity contribution in [2.45, 2.75) is 93.4 Å². The zero-order valence-corrected chi connectivity index (χ0v) is 19.6. The van der Waals surface area contributed by atoms with Gasteiger partial charge in [0, 0.05) is 19.3 Å². The van der Waals surface area contributed by atoms with Crippen molar-refractivity contribution < 1.29 is 50.3 Å². The average Bonchev–Trinajstić information content (AvgIpc) is 3.12. The third kappa shape index (κ3) is 4.14. The molecule has 3 atom stereocenters. The molecule has 1 aliphatic heterocycles. The van der Waals surface area contributed by atoms with Gasteiger partial charge in [0.1, 0.15) is 18.3 Å². The van der Waals surface area contributed by atoms with Gasteiger partial charge in [-0.05, 0) is 56.8 Å². The van der Waals surface area contributed by atoms with Crippen LogP contribution in [-0.2, 0) is 38.7 Å². The van der Waals surface area contributed by atoms with Gasteiger partial charge in [-0.3, -0.25) is 9.35 Å². The van der Waals surface area contributed by atoms with E-state index in [2.05, 4.69) is 0 Å². The molecule has 12 heteroatoms. The molecule has 5 saturated carbocycles. The molecule has 192 valence electrons. The van der Waals surface area contributed by atoms with Crippen LogP contribution in [0.5, 0.6) is 0 Å². The van der Waals surface area contributed by atoms with Crippen molar-refractivity contribution in [3.8, 4) is 0 Å². The highest BCUT2D eigenvalue weighted by atomic mass is 32.2. The summed E-state index contributed by atoms with van der Waals surface area (Å²) in [5.74, 6) is -3.44. The number of hydrogen-bond donors (Lipinski definition) is 1. The predicted octanol–water partition coefficient (Wildman–Crippen LogP) is 2.97. The third-order valence-corrected chi connectivity index (χ3v) is 9.06. The highest BCUT2D eigenvalue weighted by Gasteiger charge is 2.65. The Balaban J connectivity index is 1.25. The second kappa shape index (κ2) is 8.07. The molecule has 0 aromatic carbocycles. The molecule has 4 bridgehead atoms. The lowest BCUT2D eigenvalue weighted by Crippen LogP contribution is -2.61. The van der Waals surface area contributed by atoms with Crippen molar-refractivity contribution in [1.29, 1.82) is 0 Å². The van der Waals surface area contributed by atoms with E-state index in [1.165, 1.54) is 0 Å². The molecule has 6 aliphatic rings. The summed E-state index contributed by atoms with van der Waals surface area (Å²) < 4.78 is 81.2. The van der Waals surface area contributed by atoms with Crippen LogP contribution in [0.3, 0.4) is 0 Å². The monoisotopic (exact) mass is 508 g/mol. The van der Waals surface area contributed by atoms with Gasteiger partial charge in [-0.25, -0.2) is 4.79 Å². The van der Waals surface area contributed by atoms with Crippen LogP contribution >= 0.6 is 0 Å². The molecule has 0 radical (unpaired) electrons. The Labute approximate surface area is 196 Å². The van der Waals surface area contributed by atoms with Crippen molar-refractivity contribution in [2.24, 2.45) is 17.3 Å². The largest absolute Gasteiger partial charge is 0.465 e. The maximum absolute atomic E-state index is 13.9. The van der Waals surface area contributed by atoms with E-state index in [0.717, 1.165) is 38.5 Å². The summed E-state index contributed by atoms with van der Waals surface area (Å²) in [5.41, 5.74) is -2.37. The lowest BCUT2D eigenvalue weighted by atomic mass is 9.48. The molecule has 0 amide bonds. The normalized spacial score (nSPS) is 38.7. The molecule has 1 saturated heterocycles. The SMILES string of the molecule is O=C(OCC1COC2(CCCCC2)O1)C12CC3CC(CC(OC(=O)C(F)(F)S(=O)(=O)O)(C3)C1)C2. The van der Waals surface area contributed by atoms with E-state index in [9.17, 15) is 26.8 Å². The Morgan fingerprint density at radius 2 is 1.71 bits per heavy atom. The molecular weight excluding hydrogens is 478 g/mol. The molecule has 0 aromatic heterocycles. The highest BCUT2D eigenvalue weighted by Crippen LogP contribution is 2.63. The molecule has 1 spiro atoms. The molecule has 34 heavy (non-hydrogen) atoms. The fraction of sp³-hybridized carbons (Fsp3) is 0.909. The third-order valence-electron chi connectivity index (χ3n) is 8.24. The molecule has 1 N–H and O–H groups in total. The number of hydrogen-bond acceptors (Lipinski definition) is 8. The number of esters is 2. The zero-order chi connectivity index (χ0) is 24.4. The Morgan fingerprint density at radius 3 is 2.32 bits per heavy atom. The number of carbonyl (C=O) groups excluding carboxylic acids is 2. The van der Waals surface area contributed by atoms with Gasteiger partial charge in [0.25, 0.3) is 0 Å². The predicted molar refractivity (Wildman–Crippen MR) is 110 cm³/mol. The minimum Gasteiger partial charge on any atom is -0.462 e. The number of alkyl halides is 2. The van der Waals surface area contributed by atoms with Crippen molar-refractivity contribution in [2.75, 3.05) is 13.2 Å². The number of carbonyl (C=O) groups is 2. The van der Waals surface area contributed by atoms with Crippen LogP contribution in [0.15, 0.2) is 0 Å². The fourth-order valence-electron chi connectivity index (χ4n) is 7.27. The maximum atomic E-state index is 13.9. The van der Waals surface area contributed by atoms with Crippen molar-refractivity contribution in [1.82, 2.24) is 0 Å². The first-order valence-corrected chi connectivity index (χ1v) is 13.4. The fourth-order valence-corrected chi connectivity index (χ4v) is 7.52. The number of ether oxygens (including phenoxy) is 4. The van der Waals surface area contributed by atoms with E-state index in [1.807, 2.05) is 0 Å². The van der Waals surface area contributed by atoms with Crippen LogP contribution in [0.25, 0.3) is 0 Å². The summed E-state index contributed by atoms with van der Waals surface area (Å²) in [6.45, 7) is 0.350. The maximum Gasteiger partial charge on any atom is 0.465 e. The van der Waals surface area contributed by atoms with E-state index in [4.69, 9.17) is 23.5 Å². The summed E-state index contributed by atoms with van der Waals surface area (Å²) in [7, 11) is -5.97.